The predicted molar refractivity (Wildman–Crippen MR) is 112 cm³/mol. The van der Waals surface area contributed by atoms with Crippen LogP contribution in [0.5, 0.6) is 0 Å². The number of nitrogens with one attached hydrogen (secondary N) is 2. The molecule has 2 amide bonds. The maximum Gasteiger partial charge on any atom is 0.324 e. The Morgan fingerprint density at radius 1 is 0.778 bits per heavy atom. The molecule has 1 atom stereocenters. The smallest absolute Gasteiger partial charge is 0.310 e. The molecule has 27 heavy (non-hydrogen) atoms. The van der Waals surface area contributed by atoms with Gasteiger partial charge in [0.1, 0.15) is 11.2 Å². The molecule has 1 aliphatic heterocycles. The van der Waals surface area contributed by atoms with Crippen molar-refractivity contribution >= 4 is 29.2 Å². The van der Waals surface area contributed by atoms with E-state index in [-0.39, 0.29) is 11.4 Å². The molecule has 3 aromatic rings. The molecule has 0 fully saturated rings. The fourth-order valence-electron chi connectivity index (χ4n) is 2.97. The molecule has 0 saturated carbocycles. The molecule has 5 heteroatoms. The Balaban J connectivity index is 1.57. The third-order valence-corrected chi connectivity index (χ3v) is 5.30. The minimum absolute atomic E-state index is 0.0700. The van der Waals surface area contributed by atoms with E-state index in [0.29, 0.717) is 0 Å². The summed E-state index contributed by atoms with van der Waals surface area (Å²) in [6.45, 7) is 0. The van der Waals surface area contributed by atoms with Crippen molar-refractivity contribution in [2.75, 3.05) is 10.2 Å². The highest BCUT2D eigenvalue weighted by molar-refractivity contribution is 8.02. The molecule has 1 unspecified atom stereocenters. The van der Waals surface area contributed by atoms with Gasteiger partial charge in [-0.25, -0.2) is 4.79 Å². The number of benzene rings is 3. The molecule has 1 heterocycles. The van der Waals surface area contributed by atoms with Crippen LogP contribution in [0.3, 0.4) is 0 Å². The monoisotopic (exact) mass is 373 g/mol. The molecule has 0 aliphatic carbocycles. The number of urea groups is 1. The van der Waals surface area contributed by atoms with Gasteiger partial charge in [0.25, 0.3) is 0 Å². The average Bonchev–Trinajstić information content (AvgIpc) is 3.13. The van der Waals surface area contributed by atoms with E-state index >= 15 is 0 Å². The van der Waals surface area contributed by atoms with Gasteiger partial charge in [0.05, 0.1) is 0 Å². The van der Waals surface area contributed by atoms with E-state index < -0.39 is 0 Å². The molecular weight excluding hydrogens is 354 g/mol. The number of carbonyl (C=O) groups excluding carboxylic acids is 1. The van der Waals surface area contributed by atoms with Crippen LogP contribution in [0.25, 0.3) is 0 Å². The minimum atomic E-state index is -0.261. The van der Waals surface area contributed by atoms with Crippen molar-refractivity contribution in [1.29, 1.82) is 0 Å². The first kappa shape index (κ1) is 17.2. The van der Waals surface area contributed by atoms with E-state index in [0.717, 1.165) is 17.2 Å². The Bertz CT molecular complexity index is 930. The van der Waals surface area contributed by atoms with E-state index in [2.05, 4.69) is 27.7 Å². The van der Waals surface area contributed by atoms with Gasteiger partial charge in [0.15, 0.2) is 0 Å². The molecule has 4 nitrogen and oxygen atoms in total. The summed E-state index contributed by atoms with van der Waals surface area (Å²) < 4.78 is 0. The second kappa shape index (κ2) is 8.01. The number of thioether (sulfide) groups is 1. The summed E-state index contributed by atoms with van der Waals surface area (Å²) in [5, 5.41) is 7.93. The molecule has 0 radical (unpaired) electrons. The molecule has 4 rings (SSSR count). The first-order valence-electron chi connectivity index (χ1n) is 8.69. The lowest BCUT2D eigenvalue weighted by Crippen LogP contribution is -2.36. The van der Waals surface area contributed by atoms with Crippen LogP contribution in [0.2, 0.25) is 0 Å². The topological polar surface area (TPSA) is 44.4 Å². The number of carbonyl (C=O) groups is 1. The van der Waals surface area contributed by atoms with E-state index in [4.69, 9.17) is 0 Å². The zero-order valence-corrected chi connectivity index (χ0v) is 15.4. The molecule has 0 bridgehead atoms. The highest BCUT2D eigenvalue weighted by Gasteiger charge is 2.30. The van der Waals surface area contributed by atoms with Crippen molar-refractivity contribution in [1.82, 2.24) is 5.32 Å². The number of nitrogens with zero attached hydrogens (tertiary/aromatic N) is 1. The molecule has 0 aromatic heterocycles. The Labute approximate surface area is 162 Å². The van der Waals surface area contributed by atoms with Crippen molar-refractivity contribution < 1.29 is 4.79 Å². The lowest BCUT2D eigenvalue weighted by Gasteiger charge is -2.29. The maximum atomic E-state index is 12.5. The number of para-hydroxylation sites is 2. The van der Waals surface area contributed by atoms with Crippen molar-refractivity contribution in [3.63, 3.8) is 0 Å². The molecular formula is C22H19N3OS. The van der Waals surface area contributed by atoms with Crippen LogP contribution in [-0.2, 0) is 0 Å². The number of hydrogen-bond donors (Lipinski definition) is 2. The quantitative estimate of drug-likeness (QED) is 0.629. The van der Waals surface area contributed by atoms with Crippen LogP contribution < -0.4 is 15.5 Å². The van der Waals surface area contributed by atoms with Crippen LogP contribution in [-0.4, -0.2) is 6.03 Å². The van der Waals surface area contributed by atoms with Crippen LogP contribution >= 0.6 is 11.8 Å². The first-order chi connectivity index (χ1) is 13.3. The Morgan fingerprint density at radius 2 is 1.37 bits per heavy atom. The summed E-state index contributed by atoms with van der Waals surface area (Å²) in [7, 11) is 0. The third kappa shape index (κ3) is 3.99. The normalized spacial score (nSPS) is 15.9. The summed E-state index contributed by atoms with van der Waals surface area (Å²) in [5.74, 6) is 0.758. The molecule has 2 N–H and O–H groups in total. The van der Waals surface area contributed by atoms with Crippen molar-refractivity contribution in [3.05, 3.63) is 108 Å². The summed E-state index contributed by atoms with van der Waals surface area (Å²) in [6, 6.07) is 29.5. The van der Waals surface area contributed by atoms with Crippen molar-refractivity contribution in [2.45, 2.75) is 5.37 Å². The summed E-state index contributed by atoms with van der Waals surface area (Å²) in [4.78, 5) is 14.6. The van der Waals surface area contributed by atoms with Gasteiger partial charge in [0.2, 0.25) is 0 Å². The van der Waals surface area contributed by atoms with Crippen LogP contribution in [0.15, 0.2) is 102 Å². The largest absolute Gasteiger partial charge is 0.324 e. The van der Waals surface area contributed by atoms with Gasteiger partial charge in [0, 0.05) is 16.8 Å². The third-order valence-electron chi connectivity index (χ3n) is 4.19. The minimum Gasteiger partial charge on any atom is -0.310 e. The van der Waals surface area contributed by atoms with Crippen molar-refractivity contribution in [3.8, 4) is 0 Å². The van der Waals surface area contributed by atoms with Crippen LogP contribution in [0.1, 0.15) is 10.9 Å². The van der Waals surface area contributed by atoms with Gasteiger partial charge < -0.3 is 10.2 Å². The van der Waals surface area contributed by atoms with Gasteiger partial charge in [-0.3, -0.25) is 5.32 Å². The Kier molecular flexibility index (Phi) is 5.12. The molecule has 3 aromatic carbocycles. The highest BCUT2D eigenvalue weighted by atomic mass is 32.2. The fourth-order valence-corrected chi connectivity index (χ4v) is 4.07. The summed E-state index contributed by atoms with van der Waals surface area (Å²) in [5.41, 5.74) is 2.97. The Morgan fingerprint density at radius 3 is 2.04 bits per heavy atom. The van der Waals surface area contributed by atoms with E-state index in [1.165, 1.54) is 5.56 Å². The Hall–Kier alpha value is -3.18. The van der Waals surface area contributed by atoms with Gasteiger partial charge in [-0.15, -0.1) is 0 Å². The second-order valence-electron chi connectivity index (χ2n) is 6.05. The standard InChI is InChI=1S/C22H19N3OS/c26-22(23-18-12-6-2-7-13-18)24-20-16-27-21(17-10-4-1-5-11-17)25(20)19-14-8-3-9-15-19/h1-16,21H,(H2,23,24,26). The summed E-state index contributed by atoms with van der Waals surface area (Å²) >= 11 is 1.68. The van der Waals surface area contributed by atoms with E-state index in [1.807, 2.05) is 84.3 Å². The maximum absolute atomic E-state index is 12.5. The van der Waals surface area contributed by atoms with Gasteiger partial charge in [-0.1, -0.05) is 78.5 Å². The van der Waals surface area contributed by atoms with Gasteiger partial charge in [-0.2, -0.15) is 0 Å². The molecule has 134 valence electrons. The number of rotatable bonds is 4. The van der Waals surface area contributed by atoms with Gasteiger partial charge in [-0.05, 0) is 29.8 Å². The average molecular weight is 373 g/mol. The van der Waals surface area contributed by atoms with Crippen LogP contribution in [0, 0.1) is 0 Å². The predicted octanol–water partition coefficient (Wildman–Crippen LogP) is 5.56. The zero-order valence-electron chi connectivity index (χ0n) is 14.6. The lowest BCUT2D eigenvalue weighted by atomic mass is 10.2. The fraction of sp³-hybridized carbons (Fsp3) is 0.0455. The molecule has 0 saturated heterocycles. The SMILES string of the molecule is O=C(NC1=CSC(c2ccccc2)N1c1ccccc1)Nc1ccccc1. The van der Waals surface area contributed by atoms with Gasteiger partial charge >= 0.3 is 6.03 Å². The highest BCUT2D eigenvalue weighted by Crippen LogP contribution is 2.44. The van der Waals surface area contributed by atoms with Crippen LogP contribution in [0.4, 0.5) is 16.2 Å². The number of anilines is 2. The number of hydrogen-bond acceptors (Lipinski definition) is 3. The summed E-state index contributed by atoms with van der Waals surface area (Å²) in [6.07, 6.45) is 0. The van der Waals surface area contributed by atoms with Crippen molar-refractivity contribution in [2.24, 2.45) is 0 Å². The van der Waals surface area contributed by atoms with E-state index in [1.54, 1.807) is 11.8 Å². The zero-order chi connectivity index (χ0) is 18.5. The molecule has 0 spiro atoms. The first-order valence-corrected chi connectivity index (χ1v) is 9.63. The molecule has 1 aliphatic rings. The lowest BCUT2D eigenvalue weighted by molar-refractivity contribution is 0.254. The second-order valence-corrected chi connectivity index (χ2v) is 7.01. The van der Waals surface area contributed by atoms with E-state index in [9.17, 15) is 4.79 Å². The number of amides is 2.